The summed E-state index contributed by atoms with van der Waals surface area (Å²) in [7, 11) is 0. The molecule has 5 rings (SSSR count). The summed E-state index contributed by atoms with van der Waals surface area (Å²) >= 11 is 0. The highest BCUT2D eigenvalue weighted by Gasteiger charge is 2.34. The highest BCUT2D eigenvalue weighted by Crippen LogP contribution is 2.28. The van der Waals surface area contributed by atoms with E-state index in [1.54, 1.807) is 24.3 Å². The number of nitrogens with zero attached hydrogens (tertiary/aromatic N) is 3. The molecule has 0 radical (unpaired) electrons. The smallest absolute Gasteiger partial charge is 0.260 e. The van der Waals surface area contributed by atoms with Gasteiger partial charge in [0.25, 0.3) is 11.8 Å². The molecule has 2 bridgehead atoms. The maximum absolute atomic E-state index is 12.5. The Kier molecular flexibility index (Phi) is 4.12. The number of aromatic nitrogens is 1. The van der Waals surface area contributed by atoms with Gasteiger partial charge in [-0.1, -0.05) is 0 Å². The van der Waals surface area contributed by atoms with E-state index in [0.717, 1.165) is 19.6 Å². The van der Waals surface area contributed by atoms with E-state index in [9.17, 15) is 4.79 Å². The van der Waals surface area contributed by atoms with E-state index in [1.807, 2.05) is 6.07 Å². The Bertz CT molecular complexity index is 800. The molecular formula is C18H18N4O3. The summed E-state index contributed by atoms with van der Waals surface area (Å²) in [5.41, 5.74) is 0.599. The topological polar surface area (TPSA) is 91.4 Å². The fraction of sp³-hybridized carbons (Fsp3) is 0.389. The number of nitriles is 1. The molecule has 1 aromatic heterocycles. The van der Waals surface area contributed by atoms with Gasteiger partial charge in [0.2, 0.25) is 5.76 Å². The molecule has 1 aromatic carbocycles. The minimum Gasteiger partial charge on any atom is -0.436 e. The Morgan fingerprint density at radius 3 is 2.68 bits per heavy atom. The largest absolute Gasteiger partial charge is 0.436 e. The van der Waals surface area contributed by atoms with E-state index in [-0.39, 0.29) is 23.6 Å². The molecule has 3 aliphatic heterocycles. The molecule has 0 saturated carbocycles. The molecule has 7 nitrogen and oxygen atoms in total. The molecule has 3 fully saturated rings. The molecule has 128 valence electrons. The number of ether oxygens (including phenoxy) is 1. The van der Waals surface area contributed by atoms with Crippen molar-refractivity contribution in [2.24, 2.45) is 5.92 Å². The van der Waals surface area contributed by atoms with Crippen LogP contribution in [0.2, 0.25) is 0 Å². The van der Waals surface area contributed by atoms with E-state index < -0.39 is 0 Å². The van der Waals surface area contributed by atoms with E-state index in [0.29, 0.717) is 17.2 Å². The molecular weight excluding hydrogens is 320 g/mol. The molecule has 1 unspecified atom stereocenters. The van der Waals surface area contributed by atoms with Crippen molar-refractivity contribution >= 4 is 5.91 Å². The van der Waals surface area contributed by atoms with Crippen LogP contribution in [0.1, 0.15) is 29.0 Å². The average molecular weight is 338 g/mol. The first kappa shape index (κ1) is 15.7. The van der Waals surface area contributed by atoms with Crippen molar-refractivity contribution in [3.8, 4) is 17.7 Å². The number of nitrogens with one attached hydrogen (secondary N) is 1. The Labute approximate surface area is 145 Å². The van der Waals surface area contributed by atoms with Gasteiger partial charge in [0.15, 0.2) is 0 Å². The van der Waals surface area contributed by atoms with E-state index in [2.05, 4.69) is 15.4 Å². The molecule has 1 amide bonds. The number of amides is 1. The summed E-state index contributed by atoms with van der Waals surface area (Å²) in [4.78, 5) is 14.9. The summed E-state index contributed by atoms with van der Waals surface area (Å²) in [5.74, 6) is 1.36. The molecule has 25 heavy (non-hydrogen) atoms. The van der Waals surface area contributed by atoms with Gasteiger partial charge < -0.3 is 19.5 Å². The van der Waals surface area contributed by atoms with Gasteiger partial charge in [-0.25, -0.2) is 0 Å². The Hall–Kier alpha value is -2.85. The standard InChI is InChI=1S/C18H18N4O3/c19-10-15-9-17(21-25-15)24-14-3-1-13(2-4-14)18(23)20-16-11-22-7-5-12(16)6-8-22/h1-4,9,12,16H,5-8,11H2,(H,20,23). The van der Waals surface area contributed by atoms with E-state index in [4.69, 9.17) is 14.5 Å². The Balaban J connectivity index is 1.38. The molecule has 4 heterocycles. The van der Waals surface area contributed by atoms with Crippen LogP contribution in [0.3, 0.4) is 0 Å². The van der Waals surface area contributed by atoms with Crippen molar-refractivity contribution in [3.63, 3.8) is 0 Å². The summed E-state index contributed by atoms with van der Waals surface area (Å²) in [5, 5.41) is 15.5. The first-order valence-electron chi connectivity index (χ1n) is 8.39. The minimum absolute atomic E-state index is 0.0569. The third-order valence-electron chi connectivity index (χ3n) is 4.91. The van der Waals surface area contributed by atoms with Gasteiger partial charge in [-0.3, -0.25) is 4.79 Å². The molecule has 0 aliphatic carbocycles. The first-order valence-corrected chi connectivity index (χ1v) is 8.39. The third-order valence-corrected chi connectivity index (χ3v) is 4.91. The first-order chi connectivity index (χ1) is 12.2. The van der Waals surface area contributed by atoms with Crippen LogP contribution in [0.5, 0.6) is 11.6 Å². The summed E-state index contributed by atoms with van der Waals surface area (Å²) < 4.78 is 10.2. The monoisotopic (exact) mass is 338 g/mol. The number of rotatable bonds is 4. The van der Waals surface area contributed by atoms with Crippen molar-refractivity contribution in [2.45, 2.75) is 18.9 Å². The fourth-order valence-electron chi connectivity index (χ4n) is 3.54. The zero-order chi connectivity index (χ0) is 17.2. The van der Waals surface area contributed by atoms with Crippen LogP contribution in [-0.2, 0) is 0 Å². The minimum atomic E-state index is -0.0569. The molecule has 1 atom stereocenters. The second-order valence-electron chi connectivity index (χ2n) is 6.49. The van der Waals surface area contributed by atoms with Crippen LogP contribution < -0.4 is 10.1 Å². The number of fused-ring (bicyclic) bond motifs is 3. The van der Waals surface area contributed by atoms with Crippen LogP contribution in [0.15, 0.2) is 34.9 Å². The SMILES string of the molecule is N#Cc1cc(Oc2ccc(C(=O)NC3CN4CCC3CC4)cc2)no1. The summed E-state index contributed by atoms with van der Waals surface area (Å²) in [6.45, 7) is 3.25. The lowest BCUT2D eigenvalue weighted by atomic mass is 9.84. The quantitative estimate of drug-likeness (QED) is 0.918. The second kappa shape index (κ2) is 6.57. The molecule has 2 aromatic rings. The van der Waals surface area contributed by atoms with Gasteiger partial charge in [-0.05, 0) is 61.3 Å². The van der Waals surface area contributed by atoms with Crippen LogP contribution in [-0.4, -0.2) is 41.6 Å². The highest BCUT2D eigenvalue weighted by atomic mass is 16.5. The van der Waals surface area contributed by atoms with Crippen molar-refractivity contribution in [1.29, 1.82) is 5.26 Å². The normalized spacial score (nSPS) is 24.5. The molecule has 1 N–H and O–H groups in total. The fourth-order valence-corrected chi connectivity index (χ4v) is 3.54. The zero-order valence-electron chi connectivity index (χ0n) is 13.6. The molecule has 0 spiro atoms. The number of carbonyl (C=O) groups excluding carboxylic acids is 1. The number of benzene rings is 1. The molecule has 3 saturated heterocycles. The van der Waals surface area contributed by atoms with Crippen molar-refractivity contribution in [3.05, 3.63) is 41.7 Å². The van der Waals surface area contributed by atoms with Gasteiger partial charge in [0, 0.05) is 18.2 Å². The third kappa shape index (κ3) is 3.35. The molecule has 7 heteroatoms. The lowest BCUT2D eigenvalue weighted by Gasteiger charge is -2.44. The maximum atomic E-state index is 12.5. The number of hydrogen-bond acceptors (Lipinski definition) is 6. The van der Waals surface area contributed by atoms with Crippen molar-refractivity contribution in [1.82, 2.24) is 15.4 Å². The number of carbonyl (C=O) groups is 1. The molecule has 3 aliphatic rings. The van der Waals surface area contributed by atoms with Gasteiger partial charge in [0.1, 0.15) is 11.8 Å². The maximum Gasteiger partial charge on any atom is 0.260 e. The van der Waals surface area contributed by atoms with Crippen LogP contribution in [0.4, 0.5) is 0 Å². The Morgan fingerprint density at radius 2 is 2.08 bits per heavy atom. The average Bonchev–Trinajstić information content (AvgIpc) is 3.11. The van der Waals surface area contributed by atoms with Crippen LogP contribution in [0.25, 0.3) is 0 Å². The van der Waals surface area contributed by atoms with E-state index >= 15 is 0 Å². The van der Waals surface area contributed by atoms with Gasteiger partial charge in [0.05, 0.1) is 6.07 Å². The van der Waals surface area contributed by atoms with Crippen molar-refractivity contribution < 1.29 is 14.1 Å². The second-order valence-corrected chi connectivity index (χ2v) is 6.49. The summed E-state index contributed by atoms with van der Waals surface area (Å²) in [6, 6.07) is 10.3. The van der Waals surface area contributed by atoms with Gasteiger partial charge in [-0.2, -0.15) is 5.26 Å². The van der Waals surface area contributed by atoms with Crippen LogP contribution >= 0.6 is 0 Å². The van der Waals surface area contributed by atoms with E-state index in [1.165, 1.54) is 18.9 Å². The number of piperidine rings is 3. The number of hydrogen-bond donors (Lipinski definition) is 1. The summed E-state index contributed by atoms with van der Waals surface area (Å²) in [6.07, 6.45) is 2.33. The highest BCUT2D eigenvalue weighted by molar-refractivity contribution is 5.94. The van der Waals surface area contributed by atoms with Gasteiger partial charge >= 0.3 is 0 Å². The predicted molar refractivity (Wildman–Crippen MR) is 88.2 cm³/mol. The predicted octanol–water partition coefficient (Wildman–Crippen LogP) is 2.16. The lowest BCUT2D eigenvalue weighted by Crippen LogP contribution is -2.57. The Morgan fingerprint density at radius 1 is 1.32 bits per heavy atom. The van der Waals surface area contributed by atoms with Crippen LogP contribution in [0, 0.1) is 17.2 Å². The lowest BCUT2D eigenvalue weighted by molar-refractivity contribution is 0.0620. The zero-order valence-corrected chi connectivity index (χ0v) is 13.6. The van der Waals surface area contributed by atoms with Gasteiger partial charge in [-0.15, -0.1) is 0 Å². The van der Waals surface area contributed by atoms with Crippen molar-refractivity contribution in [2.75, 3.05) is 19.6 Å².